The molecule has 1 aromatic heterocycles. The fraction of sp³-hybridized carbons (Fsp3) is 0.200. The molecule has 0 atom stereocenters. The minimum absolute atomic E-state index is 0.0724. The predicted molar refractivity (Wildman–Crippen MR) is 108 cm³/mol. The topological polar surface area (TPSA) is 104 Å². The molecule has 150 valence electrons. The number of sulfonamides is 1. The lowest BCUT2D eigenvalue weighted by Gasteiger charge is -2.16. The molecule has 0 unspecified atom stereocenters. The van der Waals surface area contributed by atoms with Gasteiger partial charge in [-0.25, -0.2) is 8.42 Å². The summed E-state index contributed by atoms with van der Waals surface area (Å²) < 4.78 is 32.1. The molecule has 2 N–H and O–H groups in total. The van der Waals surface area contributed by atoms with Gasteiger partial charge in [-0.05, 0) is 23.8 Å². The predicted octanol–water partition coefficient (Wildman–Crippen LogP) is 2.52. The SMILES string of the molecule is COc1cccc(C(=O)Nc2n[nH]c3c2CN(S(=O)(=O)Cc2ccccc2)C3)c1. The third-order valence-electron chi connectivity index (χ3n) is 4.77. The maximum absolute atomic E-state index is 12.8. The number of aromatic amines is 1. The van der Waals surface area contributed by atoms with Crippen molar-refractivity contribution < 1.29 is 17.9 Å². The average Bonchev–Trinajstić information content (AvgIpc) is 3.31. The Hall–Kier alpha value is -3.17. The molecule has 0 saturated carbocycles. The van der Waals surface area contributed by atoms with Crippen LogP contribution in [0.1, 0.15) is 27.2 Å². The van der Waals surface area contributed by atoms with Gasteiger partial charge in [-0.3, -0.25) is 9.89 Å². The van der Waals surface area contributed by atoms with Gasteiger partial charge in [-0.1, -0.05) is 36.4 Å². The van der Waals surface area contributed by atoms with Crippen molar-refractivity contribution in [2.45, 2.75) is 18.8 Å². The van der Waals surface area contributed by atoms with Gasteiger partial charge in [-0.2, -0.15) is 9.40 Å². The molecule has 4 rings (SSSR count). The number of nitrogens with one attached hydrogen (secondary N) is 2. The van der Waals surface area contributed by atoms with E-state index in [-0.39, 0.29) is 24.7 Å². The van der Waals surface area contributed by atoms with Crippen molar-refractivity contribution in [2.75, 3.05) is 12.4 Å². The Bertz CT molecular complexity index is 1140. The van der Waals surface area contributed by atoms with Crippen LogP contribution in [0, 0.1) is 0 Å². The normalized spacial score (nSPS) is 13.8. The molecule has 3 aromatic rings. The van der Waals surface area contributed by atoms with Crippen molar-refractivity contribution >= 4 is 21.7 Å². The Labute approximate surface area is 168 Å². The van der Waals surface area contributed by atoms with E-state index in [1.165, 1.54) is 11.4 Å². The summed E-state index contributed by atoms with van der Waals surface area (Å²) in [6.07, 6.45) is 0. The first-order valence-electron chi connectivity index (χ1n) is 8.99. The van der Waals surface area contributed by atoms with Crippen molar-refractivity contribution in [3.05, 3.63) is 77.0 Å². The zero-order chi connectivity index (χ0) is 20.4. The molecule has 2 heterocycles. The highest BCUT2D eigenvalue weighted by molar-refractivity contribution is 7.88. The summed E-state index contributed by atoms with van der Waals surface area (Å²) in [7, 11) is -1.97. The first-order valence-corrected chi connectivity index (χ1v) is 10.6. The van der Waals surface area contributed by atoms with Gasteiger partial charge in [0.25, 0.3) is 5.91 Å². The maximum Gasteiger partial charge on any atom is 0.257 e. The number of hydrogen-bond donors (Lipinski definition) is 2. The number of H-pyrrole nitrogens is 1. The highest BCUT2D eigenvalue weighted by Crippen LogP contribution is 2.30. The lowest BCUT2D eigenvalue weighted by molar-refractivity contribution is 0.102. The summed E-state index contributed by atoms with van der Waals surface area (Å²) in [6, 6.07) is 15.8. The van der Waals surface area contributed by atoms with Gasteiger partial charge in [0.15, 0.2) is 5.82 Å². The van der Waals surface area contributed by atoms with Crippen LogP contribution in [0.2, 0.25) is 0 Å². The Kier molecular flexibility index (Phi) is 5.08. The Morgan fingerprint density at radius 3 is 2.72 bits per heavy atom. The average molecular weight is 412 g/mol. The molecule has 1 amide bonds. The monoisotopic (exact) mass is 412 g/mol. The van der Waals surface area contributed by atoms with Gasteiger partial charge in [0.2, 0.25) is 10.0 Å². The van der Waals surface area contributed by atoms with Crippen LogP contribution in [0.25, 0.3) is 0 Å². The summed E-state index contributed by atoms with van der Waals surface area (Å²) in [5, 5.41) is 9.73. The number of nitrogens with zero attached hydrogens (tertiary/aromatic N) is 2. The number of anilines is 1. The van der Waals surface area contributed by atoms with Crippen LogP contribution in [0.15, 0.2) is 54.6 Å². The van der Waals surface area contributed by atoms with E-state index in [1.807, 2.05) is 18.2 Å². The zero-order valence-corrected chi connectivity index (χ0v) is 16.6. The molecule has 0 fully saturated rings. The number of fused-ring (bicyclic) bond motifs is 1. The van der Waals surface area contributed by atoms with Crippen LogP contribution in [-0.2, 0) is 28.9 Å². The Balaban J connectivity index is 1.48. The van der Waals surface area contributed by atoms with Crippen molar-refractivity contribution in [3.8, 4) is 5.75 Å². The molecule has 0 spiro atoms. The summed E-state index contributed by atoms with van der Waals surface area (Å²) >= 11 is 0. The second-order valence-corrected chi connectivity index (χ2v) is 8.69. The molecule has 0 aliphatic carbocycles. The molecule has 9 heteroatoms. The van der Waals surface area contributed by atoms with Crippen molar-refractivity contribution in [1.82, 2.24) is 14.5 Å². The number of ether oxygens (including phenoxy) is 1. The van der Waals surface area contributed by atoms with E-state index in [0.717, 1.165) is 5.56 Å². The molecular weight excluding hydrogens is 392 g/mol. The summed E-state index contributed by atoms with van der Waals surface area (Å²) in [6.45, 7) is 0.362. The second-order valence-electron chi connectivity index (χ2n) is 6.73. The summed E-state index contributed by atoms with van der Waals surface area (Å²) in [5.41, 5.74) is 2.51. The standard InChI is InChI=1S/C20H20N4O4S/c1-28-16-9-5-8-15(10-16)20(25)21-19-17-11-24(12-18(17)22-23-19)29(26,27)13-14-6-3-2-4-7-14/h2-10H,11-13H2,1H3,(H2,21,22,23,25). The molecule has 1 aliphatic rings. The number of hydrogen-bond acceptors (Lipinski definition) is 5. The number of rotatable bonds is 6. The van der Waals surface area contributed by atoms with Crippen LogP contribution in [0.5, 0.6) is 5.75 Å². The number of amides is 1. The number of benzene rings is 2. The largest absolute Gasteiger partial charge is 0.497 e. The molecule has 2 aromatic carbocycles. The van der Waals surface area contributed by atoms with E-state index in [9.17, 15) is 13.2 Å². The van der Waals surface area contributed by atoms with Gasteiger partial charge in [0.05, 0.1) is 25.1 Å². The summed E-state index contributed by atoms with van der Waals surface area (Å²) in [5.74, 6) is 0.494. The van der Waals surface area contributed by atoms with E-state index in [2.05, 4.69) is 15.5 Å². The zero-order valence-electron chi connectivity index (χ0n) is 15.8. The molecule has 0 bridgehead atoms. The molecular formula is C20H20N4O4S. The number of carbonyl (C=O) groups is 1. The molecule has 8 nitrogen and oxygen atoms in total. The number of methoxy groups -OCH3 is 1. The number of aromatic nitrogens is 2. The quantitative estimate of drug-likeness (QED) is 0.647. The molecule has 0 saturated heterocycles. The van der Waals surface area contributed by atoms with Gasteiger partial charge < -0.3 is 10.1 Å². The summed E-state index contributed by atoms with van der Waals surface area (Å²) in [4.78, 5) is 12.5. The van der Waals surface area contributed by atoms with Gasteiger partial charge in [-0.15, -0.1) is 0 Å². The van der Waals surface area contributed by atoms with Gasteiger partial charge >= 0.3 is 0 Å². The van der Waals surface area contributed by atoms with E-state index in [1.54, 1.807) is 36.4 Å². The highest BCUT2D eigenvalue weighted by Gasteiger charge is 2.33. The minimum atomic E-state index is -3.50. The fourth-order valence-corrected chi connectivity index (χ4v) is 4.68. The minimum Gasteiger partial charge on any atom is -0.497 e. The molecule has 1 aliphatic heterocycles. The van der Waals surface area contributed by atoms with Crippen LogP contribution in [0.4, 0.5) is 5.82 Å². The first kappa shape index (κ1) is 19.2. The second kappa shape index (κ2) is 7.69. The lowest BCUT2D eigenvalue weighted by atomic mass is 10.2. The van der Waals surface area contributed by atoms with Crippen LogP contribution < -0.4 is 10.1 Å². The van der Waals surface area contributed by atoms with Crippen molar-refractivity contribution in [1.29, 1.82) is 0 Å². The Morgan fingerprint density at radius 1 is 1.17 bits per heavy atom. The van der Waals surface area contributed by atoms with Crippen LogP contribution in [0.3, 0.4) is 0 Å². The molecule has 0 radical (unpaired) electrons. The third kappa shape index (κ3) is 4.01. The molecule has 29 heavy (non-hydrogen) atoms. The van der Waals surface area contributed by atoms with E-state index in [4.69, 9.17) is 4.74 Å². The lowest BCUT2D eigenvalue weighted by Crippen LogP contribution is -2.27. The van der Waals surface area contributed by atoms with E-state index in [0.29, 0.717) is 28.4 Å². The van der Waals surface area contributed by atoms with Gasteiger partial charge in [0.1, 0.15) is 5.75 Å². The number of carbonyl (C=O) groups excluding carboxylic acids is 1. The first-order chi connectivity index (χ1) is 14.0. The van der Waals surface area contributed by atoms with E-state index >= 15 is 0 Å². The fourth-order valence-electron chi connectivity index (χ4n) is 3.23. The maximum atomic E-state index is 12.8. The van der Waals surface area contributed by atoms with Gasteiger partial charge in [0, 0.05) is 17.7 Å². The van der Waals surface area contributed by atoms with Crippen molar-refractivity contribution in [2.24, 2.45) is 0 Å². The Morgan fingerprint density at radius 2 is 1.97 bits per heavy atom. The highest BCUT2D eigenvalue weighted by atomic mass is 32.2. The van der Waals surface area contributed by atoms with E-state index < -0.39 is 10.0 Å². The van der Waals surface area contributed by atoms with Crippen LogP contribution >= 0.6 is 0 Å². The van der Waals surface area contributed by atoms with Crippen molar-refractivity contribution in [3.63, 3.8) is 0 Å². The van der Waals surface area contributed by atoms with Crippen LogP contribution in [-0.4, -0.2) is 35.9 Å². The smallest absolute Gasteiger partial charge is 0.257 e. The third-order valence-corrected chi connectivity index (χ3v) is 6.51.